The summed E-state index contributed by atoms with van der Waals surface area (Å²) in [5, 5.41) is 0.0364. The predicted molar refractivity (Wildman–Crippen MR) is 56.9 cm³/mol. The first-order valence-electron chi connectivity index (χ1n) is 4.04. The molecule has 0 atom stereocenters. The second-order valence-corrected chi connectivity index (χ2v) is 3.95. The molecule has 1 aromatic carbocycles. The molecule has 0 aromatic heterocycles. The van der Waals surface area contributed by atoms with E-state index in [2.05, 4.69) is 6.58 Å². The molecule has 1 aromatic rings. The number of carbonyl (C=O) groups excluding carboxylic acids is 1. The van der Waals surface area contributed by atoms with Gasteiger partial charge in [-0.05, 0) is 42.8 Å². The highest BCUT2D eigenvalue weighted by Gasteiger charge is 2.06. The highest BCUT2D eigenvalue weighted by Crippen LogP contribution is 2.24. The Labute approximate surface area is 82.9 Å². The molecule has 0 aliphatic rings. The standard InChI is InChI=1S/C11H12OS/c1-8(2)11(12)13-10-7-5-4-6-9(10)3/h4-7H,1H2,2-3H3. The maximum atomic E-state index is 11.3. The molecular formula is C11H12OS. The van der Waals surface area contributed by atoms with Crippen molar-refractivity contribution in [1.82, 2.24) is 0 Å². The van der Waals surface area contributed by atoms with E-state index in [9.17, 15) is 4.79 Å². The van der Waals surface area contributed by atoms with Crippen LogP contribution in [0.1, 0.15) is 12.5 Å². The van der Waals surface area contributed by atoms with Crippen molar-refractivity contribution in [3.05, 3.63) is 42.0 Å². The van der Waals surface area contributed by atoms with Crippen LogP contribution in [-0.2, 0) is 4.79 Å². The second kappa shape index (κ2) is 4.28. The summed E-state index contributed by atoms with van der Waals surface area (Å²) in [6.45, 7) is 7.33. The van der Waals surface area contributed by atoms with E-state index in [1.54, 1.807) is 6.92 Å². The maximum Gasteiger partial charge on any atom is 0.219 e. The summed E-state index contributed by atoms with van der Waals surface area (Å²) in [6, 6.07) is 7.83. The fourth-order valence-corrected chi connectivity index (χ4v) is 1.61. The van der Waals surface area contributed by atoms with Crippen molar-refractivity contribution in [1.29, 1.82) is 0 Å². The quantitative estimate of drug-likeness (QED) is 0.528. The molecule has 0 radical (unpaired) electrons. The lowest BCUT2D eigenvalue weighted by Gasteiger charge is -2.02. The zero-order chi connectivity index (χ0) is 9.84. The van der Waals surface area contributed by atoms with Gasteiger partial charge in [-0.1, -0.05) is 24.8 Å². The first-order chi connectivity index (χ1) is 6.11. The minimum atomic E-state index is 0.0364. The molecule has 0 bridgehead atoms. The molecular weight excluding hydrogens is 180 g/mol. The van der Waals surface area contributed by atoms with Gasteiger partial charge in [0.05, 0.1) is 0 Å². The topological polar surface area (TPSA) is 17.1 Å². The molecule has 0 saturated carbocycles. The Morgan fingerprint density at radius 1 is 1.38 bits per heavy atom. The van der Waals surface area contributed by atoms with Gasteiger partial charge >= 0.3 is 0 Å². The van der Waals surface area contributed by atoms with Crippen LogP contribution in [-0.4, -0.2) is 5.12 Å². The van der Waals surface area contributed by atoms with Crippen molar-refractivity contribution in [2.45, 2.75) is 18.7 Å². The molecule has 0 fully saturated rings. The van der Waals surface area contributed by atoms with E-state index < -0.39 is 0 Å². The molecule has 13 heavy (non-hydrogen) atoms. The Morgan fingerprint density at radius 3 is 2.54 bits per heavy atom. The maximum absolute atomic E-state index is 11.3. The number of carbonyl (C=O) groups is 1. The van der Waals surface area contributed by atoms with Crippen LogP contribution in [0.5, 0.6) is 0 Å². The molecule has 1 nitrogen and oxygen atoms in total. The Balaban J connectivity index is 2.81. The van der Waals surface area contributed by atoms with Gasteiger partial charge in [0.1, 0.15) is 0 Å². The van der Waals surface area contributed by atoms with E-state index in [4.69, 9.17) is 0 Å². The summed E-state index contributed by atoms with van der Waals surface area (Å²) >= 11 is 1.24. The highest BCUT2D eigenvalue weighted by atomic mass is 32.2. The van der Waals surface area contributed by atoms with Crippen LogP contribution in [0.3, 0.4) is 0 Å². The van der Waals surface area contributed by atoms with Crippen LogP contribution < -0.4 is 0 Å². The van der Waals surface area contributed by atoms with Gasteiger partial charge in [0.2, 0.25) is 5.12 Å². The number of aryl methyl sites for hydroxylation is 1. The van der Waals surface area contributed by atoms with Crippen molar-refractivity contribution in [2.75, 3.05) is 0 Å². The van der Waals surface area contributed by atoms with E-state index >= 15 is 0 Å². The fraction of sp³-hybridized carbons (Fsp3) is 0.182. The molecule has 0 aliphatic carbocycles. The first kappa shape index (κ1) is 10.1. The van der Waals surface area contributed by atoms with Crippen LogP contribution >= 0.6 is 11.8 Å². The van der Waals surface area contributed by atoms with Gasteiger partial charge in [0.25, 0.3) is 0 Å². The monoisotopic (exact) mass is 192 g/mol. The Bertz CT molecular complexity index is 342. The van der Waals surface area contributed by atoms with Crippen molar-refractivity contribution < 1.29 is 4.79 Å². The zero-order valence-electron chi connectivity index (χ0n) is 7.83. The van der Waals surface area contributed by atoms with Gasteiger partial charge in [0, 0.05) is 4.90 Å². The highest BCUT2D eigenvalue weighted by molar-refractivity contribution is 8.14. The van der Waals surface area contributed by atoms with Gasteiger partial charge in [0.15, 0.2) is 0 Å². The van der Waals surface area contributed by atoms with Crippen LogP contribution in [0.4, 0.5) is 0 Å². The predicted octanol–water partition coefficient (Wildman–Crippen LogP) is 3.19. The average Bonchev–Trinajstić information content (AvgIpc) is 2.08. The van der Waals surface area contributed by atoms with E-state index in [1.807, 2.05) is 31.2 Å². The van der Waals surface area contributed by atoms with Crippen LogP contribution in [0.2, 0.25) is 0 Å². The van der Waals surface area contributed by atoms with Crippen LogP contribution in [0.25, 0.3) is 0 Å². The van der Waals surface area contributed by atoms with Gasteiger partial charge in [-0.25, -0.2) is 0 Å². The normalized spacial score (nSPS) is 9.69. The van der Waals surface area contributed by atoms with Crippen molar-refractivity contribution in [3.8, 4) is 0 Å². The fourth-order valence-electron chi connectivity index (χ4n) is 0.858. The average molecular weight is 192 g/mol. The third-order valence-electron chi connectivity index (χ3n) is 1.64. The lowest BCUT2D eigenvalue weighted by Crippen LogP contribution is -1.91. The first-order valence-corrected chi connectivity index (χ1v) is 4.86. The molecule has 0 aliphatic heterocycles. The number of thioether (sulfide) groups is 1. The number of hydrogen-bond donors (Lipinski definition) is 0. The largest absolute Gasteiger partial charge is 0.282 e. The van der Waals surface area contributed by atoms with Crippen LogP contribution in [0.15, 0.2) is 41.3 Å². The molecule has 0 N–H and O–H groups in total. The lowest BCUT2D eigenvalue weighted by atomic mass is 10.2. The SMILES string of the molecule is C=C(C)C(=O)Sc1ccccc1C. The molecule has 0 saturated heterocycles. The third kappa shape index (κ3) is 2.74. The van der Waals surface area contributed by atoms with Crippen LogP contribution in [0, 0.1) is 6.92 Å². The number of hydrogen-bond acceptors (Lipinski definition) is 2. The van der Waals surface area contributed by atoms with Gasteiger partial charge in [-0.2, -0.15) is 0 Å². The third-order valence-corrected chi connectivity index (χ3v) is 2.86. The number of rotatable bonds is 2. The van der Waals surface area contributed by atoms with E-state index in [0.29, 0.717) is 5.57 Å². The van der Waals surface area contributed by atoms with E-state index in [-0.39, 0.29) is 5.12 Å². The smallest absolute Gasteiger partial charge is 0.219 e. The summed E-state index contributed by atoms with van der Waals surface area (Å²) in [4.78, 5) is 12.3. The van der Waals surface area contributed by atoms with E-state index in [1.165, 1.54) is 11.8 Å². The van der Waals surface area contributed by atoms with Crippen molar-refractivity contribution >= 4 is 16.9 Å². The molecule has 2 heteroatoms. The molecule has 0 amide bonds. The summed E-state index contributed by atoms with van der Waals surface area (Å²) in [5.41, 5.74) is 1.72. The zero-order valence-corrected chi connectivity index (χ0v) is 8.65. The van der Waals surface area contributed by atoms with E-state index in [0.717, 1.165) is 10.5 Å². The minimum Gasteiger partial charge on any atom is -0.282 e. The van der Waals surface area contributed by atoms with Gasteiger partial charge < -0.3 is 0 Å². The Morgan fingerprint density at radius 2 is 2.00 bits per heavy atom. The number of benzene rings is 1. The lowest BCUT2D eigenvalue weighted by molar-refractivity contribution is -0.107. The molecule has 1 rings (SSSR count). The van der Waals surface area contributed by atoms with Gasteiger partial charge in [-0.15, -0.1) is 0 Å². The Kier molecular flexibility index (Phi) is 3.32. The summed E-state index contributed by atoms with van der Waals surface area (Å²) < 4.78 is 0. The summed E-state index contributed by atoms with van der Waals surface area (Å²) in [7, 11) is 0. The molecule has 0 spiro atoms. The minimum absolute atomic E-state index is 0.0364. The van der Waals surface area contributed by atoms with Crippen molar-refractivity contribution in [3.63, 3.8) is 0 Å². The van der Waals surface area contributed by atoms with Gasteiger partial charge in [-0.3, -0.25) is 4.79 Å². The molecule has 68 valence electrons. The molecule has 0 unspecified atom stereocenters. The van der Waals surface area contributed by atoms with Crippen molar-refractivity contribution in [2.24, 2.45) is 0 Å². The summed E-state index contributed by atoms with van der Waals surface area (Å²) in [5.74, 6) is 0. The molecule has 0 heterocycles. The Hall–Kier alpha value is -1.02. The second-order valence-electron chi connectivity index (χ2n) is 2.94. The summed E-state index contributed by atoms with van der Waals surface area (Å²) in [6.07, 6.45) is 0.